The lowest BCUT2D eigenvalue weighted by atomic mass is 9.91. The molecule has 26 heteroatoms. The number of nitrogens with two attached hydrogens (primary N) is 3. The lowest BCUT2D eigenvalue weighted by Gasteiger charge is -2.34. The Morgan fingerprint density at radius 3 is 1.05 bits per heavy atom. The Labute approximate surface area is 637 Å². The Bertz CT molecular complexity index is 2430. The maximum atomic E-state index is 12.2. The minimum atomic E-state index is -0.682. The first kappa shape index (κ1) is 93.2. The first-order valence-electron chi connectivity index (χ1n) is 39.9. The number of hydrogen-bond donors (Lipinski definition) is 6. The van der Waals surface area contributed by atoms with Crippen molar-refractivity contribution in [3.63, 3.8) is 0 Å². The summed E-state index contributed by atoms with van der Waals surface area (Å²) in [6.07, 6.45) is 21.1. The molecule has 1 unspecified atom stereocenters. The van der Waals surface area contributed by atoms with Crippen molar-refractivity contribution in [1.29, 1.82) is 0 Å². The summed E-state index contributed by atoms with van der Waals surface area (Å²) in [4.78, 5) is 117. The highest BCUT2D eigenvalue weighted by Crippen LogP contribution is 2.27. The molecule has 9 N–H and O–H groups in total. The van der Waals surface area contributed by atoms with E-state index in [-0.39, 0.29) is 87.8 Å². The highest BCUT2D eigenvalue weighted by Gasteiger charge is 2.33. The van der Waals surface area contributed by atoms with Crippen LogP contribution in [0.4, 0.5) is 0 Å². The number of carboxylic acids is 1. The molecule has 1 atom stereocenters. The van der Waals surface area contributed by atoms with E-state index in [1.165, 1.54) is 50.9 Å². The number of hydrogen-bond acceptors (Lipinski definition) is 20. The van der Waals surface area contributed by atoms with Gasteiger partial charge in [-0.1, -0.05) is 37.3 Å². The molecule has 1 aromatic rings. The number of piperidine rings is 5. The quantitative estimate of drug-likeness (QED) is 0.0918. The van der Waals surface area contributed by atoms with Gasteiger partial charge in [-0.05, 0) is 250 Å². The van der Waals surface area contributed by atoms with Crippen molar-refractivity contribution in [2.24, 2.45) is 88.2 Å². The van der Waals surface area contributed by atoms with Gasteiger partial charge >= 0.3 is 5.97 Å². The molecule has 4 amide bonds. The van der Waals surface area contributed by atoms with Crippen LogP contribution in [-0.2, 0) is 82.8 Å². The average Bonchev–Trinajstić information content (AvgIpc) is 0.853. The van der Waals surface area contributed by atoms with Crippen LogP contribution in [0.3, 0.4) is 0 Å². The third kappa shape index (κ3) is 39.4. The van der Waals surface area contributed by atoms with E-state index in [0.29, 0.717) is 115 Å². The van der Waals surface area contributed by atoms with Crippen LogP contribution in [0, 0.1) is 71.0 Å². The van der Waals surface area contributed by atoms with Gasteiger partial charge in [0.25, 0.3) is 0 Å². The number of nitrogens with zero attached hydrogens (tertiary/aromatic N) is 3. The fraction of sp³-hybridized carbons (Fsp3) is 0.800. The number of ketones is 4. The van der Waals surface area contributed by atoms with Gasteiger partial charge in [-0.2, -0.15) is 0 Å². The zero-order valence-corrected chi connectivity index (χ0v) is 65.7. The molecule has 11 fully saturated rings. The van der Waals surface area contributed by atoms with Crippen LogP contribution >= 0.6 is 11.6 Å². The number of rotatable bonds is 15. The highest BCUT2D eigenvalue weighted by atomic mass is 35.5. The third-order valence-electron chi connectivity index (χ3n) is 22.3. The van der Waals surface area contributed by atoms with Gasteiger partial charge in [0.2, 0.25) is 28.9 Å². The molecule has 11 aliphatic heterocycles. The van der Waals surface area contributed by atoms with E-state index >= 15 is 0 Å². The second kappa shape index (κ2) is 55.2. The number of primary amides is 2. The van der Waals surface area contributed by atoms with Crippen LogP contribution in [-0.4, -0.2) is 236 Å². The molecule has 25 nitrogen and oxygen atoms in total. The Kier molecular flexibility index (Phi) is 48.6. The minimum Gasteiger partial charge on any atom is -0.481 e. The first-order valence-corrected chi connectivity index (χ1v) is 40.3. The molecule has 12 rings (SSSR count). The number of carboxylic acid groups (broad SMARTS) is 1. The normalized spacial score (nSPS) is 22.1. The Morgan fingerprint density at radius 1 is 0.425 bits per heavy atom. The molecule has 0 bridgehead atoms. The Morgan fingerprint density at radius 2 is 0.745 bits per heavy atom. The lowest BCUT2D eigenvalue weighted by molar-refractivity contribution is -0.145. The standard InChI is InChI=1S/C13H21NO3.C12H20N2O3.C12H24N2O.C11H14O.C7H13NO.C7H12O2.C6H9ClO2.C6H12N2O.C6H10O3/c1-10(15)11-2-6-14(7-3-11)13(16)12-4-8-17-9-5-12;13-11(15)9-1-5-14(6-2-9)12(16)10-3-7-17-8-4-10;13-9-11-1-5-14(6-2-11)10-12-3-7-15-8-4-12;1-9(10(2)12)8-11-6-4-3-5-7-11;1-6(9)7-2-4-8-5-3-7;1-6(8)7-2-4-9-5-3-7;7-6(8)5-1-3-9-4-2-5;7-6(9)5-1-3-8-4-2-5;7-6(8)5-1-3-9-4-2-5/h11-12H,2-9H2,1H3;9-10H,1-8H2,(H2,13,15);11-12H,1-10,13H2;3-7,9H,8H2,1-2H3;7-8H,2-5H2,1H3;7H,2-5H2,1H3;5H,1-4H2;5,8H,1-4H2,(H2,7,9);5H,1-4H2,(H,7,8). The van der Waals surface area contributed by atoms with E-state index in [1.807, 2.05) is 34.9 Å². The summed E-state index contributed by atoms with van der Waals surface area (Å²) < 4.78 is 31.0. The van der Waals surface area contributed by atoms with E-state index in [2.05, 4.69) is 27.7 Å². The molecule has 0 aromatic heterocycles. The smallest absolute Gasteiger partial charge is 0.306 e. The van der Waals surface area contributed by atoms with Crippen LogP contribution in [0.25, 0.3) is 0 Å². The van der Waals surface area contributed by atoms with Gasteiger partial charge in [-0.3, -0.25) is 47.9 Å². The minimum absolute atomic E-state index is 0.0475. The second-order valence-corrected chi connectivity index (χ2v) is 30.6. The lowest BCUT2D eigenvalue weighted by Crippen LogP contribution is -2.45. The molecule has 11 heterocycles. The molecule has 0 spiro atoms. The monoisotopic (exact) mass is 1510 g/mol. The fourth-order valence-corrected chi connectivity index (χ4v) is 14.6. The van der Waals surface area contributed by atoms with E-state index in [1.54, 1.807) is 27.7 Å². The van der Waals surface area contributed by atoms with Crippen molar-refractivity contribution in [3.05, 3.63) is 35.9 Å². The van der Waals surface area contributed by atoms with Crippen LogP contribution in [0.1, 0.15) is 181 Å². The molecule has 0 radical (unpaired) electrons. The molecule has 0 aliphatic carbocycles. The van der Waals surface area contributed by atoms with Gasteiger partial charge in [0.15, 0.2) is 0 Å². The number of Topliss-reactive ketones (excluding diaryl/α,β-unsaturated/α-hetero) is 4. The molecule has 0 saturated carbocycles. The number of aliphatic carboxylic acids is 1. The van der Waals surface area contributed by atoms with E-state index < -0.39 is 5.97 Å². The molecular weight excluding hydrogens is 1380 g/mol. The van der Waals surface area contributed by atoms with Crippen molar-refractivity contribution < 1.29 is 81.5 Å². The predicted molar refractivity (Wildman–Crippen MR) is 408 cm³/mol. The number of benzene rings is 1. The van der Waals surface area contributed by atoms with Gasteiger partial charge in [0.05, 0.1) is 5.92 Å². The number of carbonyl (C=O) groups is 10. The molecule has 106 heavy (non-hydrogen) atoms. The first-order chi connectivity index (χ1) is 51.0. The summed E-state index contributed by atoms with van der Waals surface area (Å²) >= 11 is 5.26. The second-order valence-electron chi connectivity index (χ2n) is 30.2. The molecule has 11 aliphatic rings. The number of carbonyl (C=O) groups excluding carboxylic acids is 9. The summed E-state index contributed by atoms with van der Waals surface area (Å²) in [5.41, 5.74) is 17.3. The van der Waals surface area contributed by atoms with Crippen molar-refractivity contribution >= 4 is 69.6 Å². The van der Waals surface area contributed by atoms with Crippen LogP contribution in [0.5, 0.6) is 0 Å². The van der Waals surface area contributed by atoms with Crippen molar-refractivity contribution in [2.75, 3.05) is 158 Å². The van der Waals surface area contributed by atoms with E-state index in [9.17, 15) is 47.9 Å². The van der Waals surface area contributed by atoms with E-state index in [0.717, 1.165) is 180 Å². The van der Waals surface area contributed by atoms with Crippen LogP contribution < -0.4 is 27.8 Å². The average molecular weight is 1520 g/mol. The number of amides is 4. The van der Waals surface area contributed by atoms with Gasteiger partial charge in [0.1, 0.15) is 23.1 Å². The van der Waals surface area contributed by atoms with Gasteiger partial charge in [-0.15, -0.1) is 0 Å². The summed E-state index contributed by atoms with van der Waals surface area (Å²) in [5, 5.41) is 14.7. The fourth-order valence-electron chi connectivity index (χ4n) is 14.4. The van der Waals surface area contributed by atoms with Crippen LogP contribution in [0.2, 0.25) is 0 Å². The van der Waals surface area contributed by atoms with Gasteiger partial charge in [0, 0.05) is 165 Å². The summed E-state index contributed by atoms with van der Waals surface area (Å²) in [6, 6.07) is 10.1. The van der Waals surface area contributed by atoms with Gasteiger partial charge < -0.3 is 76.1 Å². The summed E-state index contributed by atoms with van der Waals surface area (Å²) in [6.45, 7) is 28.9. The van der Waals surface area contributed by atoms with Crippen molar-refractivity contribution in [1.82, 2.24) is 25.3 Å². The highest BCUT2D eigenvalue weighted by molar-refractivity contribution is 6.64. The number of likely N-dealkylation sites (tertiary alicyclic amines) is 3. The van der Waals surface area contributed by atoms with Crippen LogP contribution in [0.15, 0.2) is 30.3 Å². The van der Waals surface area contributed by atoms with Crippen molar-refractivity contribution in [3.8, 4) is 0 Å². The topological polar surface area (TPSA) is 358 Å². The molecular formula is C80H135ClN8O17. The number of nitrogens with one attached hydrogen (secondary N) is 2. The maximum Gasteiger partial charge on any atom is 0.306 e. The summed E-state index contributed by atoms with van der Waals surface area (Å²) in [7, 11) is 0. The Balaban J connectivity index is 0.000000255. The zero-order valence-electron chi connectivity index (χ0n) is 65.0. The molecule has 604 valence electrons. The zero-order chi connectivity index (χ0) is 77.4. The van der Waals surface area contributed by atoms with Crippen molar-refractivity contribution in [2.45, 2.75) is 182 Å². The molecule has 11 saturated heterocycles. The SMILES string of the molecule is CC(=O)C(C)Cc1ccccc1.CC(=O)C1CCN(C(=O)C2CCOCC2)CC1.CC(=O)C1CCNCC1.CC(=O)C1CCOCC1.NC(=O)C1CCN(C(=O)C2CCOCC2)CC1.NC(=O)C1CCNCC1.NCC1CCN(CC2CCOCC2)CC1.O=C(Cl)C1CCOCC1.O=C(O)C1CCOCC1. The predicted octanol–water partition coefficient (Wildman–Crippen LogP) is 7.64. The number of halogens is 1. The summed E-state index contributed by atoms with van der Waals surface area (Å²) in [5.74, 6) is 3.54. The van der Waals surface area contributed by atoms with E-state index in [4.69, 9.17) is 62.3 Å². The maximum absolute atomic E-state index is 12.2. The Hall–Kier alpha value is -5.19. The van der Waals surface area contributed by atoms with Gasteiger partial charge in [-0.25, -0.2) is 0 Å². The largest absolute Gasteiger partial charge is 0.481 e. The third-order valence-corrected chi connectivity index (χ3v) is 22.6. The number of ether oxygens (including phenoxy) is 6. The molecule has 1 aromatic carbocycles.